The number of piperidine rings is 1. The predicted octanol–water partition coefficient (Wildman–Crippen LogP) is 3.29. The Labute approximate surface area is 219 Å². The van der Waals surface area contributed by atoms with Crippen LogP contribution < -0.4 is 5.73 Å². The largest absolute Gasteiger partial charge is 0.368 e. The quantitative estimate of drug-likeness (QED) is 0.560. The van der Waals surface area contributed by atoms with Crippen LogP contribution in [0, 0.1) is 17.1 Å². The molecule has 1 spiro atoms. The van der Waals surface area contributed by atoms with Gasteiger partial charge >= 0.3 is 0 Å². The predicted molar refractivity (Wildman–Crippen MR) is 138 cm³/mol. The van der Waals surface area contributed by atoms with Gasteiger partial charge in [-0.25, -0.2) is 4.39 Å². The molecule has 3 fully saturated rings. The highest BCUT2D eigenvalue weighted by molar-refractivity contribution is 5.85. The van der Waals surface area contributed by atoms with Crippen molar-refractivity contribution >= 4 is 22.7 Å². The Morgan fingerprint density at radius 2 is 1.89 bits per heavy atom. The van der Waals surface area contributed by atoms with Crippen LogP contribution in [0.15, 0.2) is 48.7 Å². The second-order valence-corrected chi connectivity index (χ2v) is 10.5. The number of ether oxygens (including phenoxy) is 1. The normalized spacial score (nSPS) is 20.4. The van der Waals surface area contributed by atoms with Gasteiger partial charge < -0.3 is 15.4 Å². The number of primary amides is 1. The summed E-state index contributed by atoms with van der Waals surface area (Å²) in [4.78, 5) is 33.0. The third kappa shape index (κ3) is 4.51. The summed E-state index contributed by atoms with van der Waals surface area (Å²) in [6.45, 7) is 1.70. The summed E-state index contributed by atoms with van der Waals surface area (Å²) in [5.41, 5.74) is 8.23. The van der Waals surface area contributed by atoms with Crippen LogP contribution in [0.2, 0.25) is 0 Å². The van der Waals surface area contributed by atoms with Crippen molar-refractivity contribution in [2.24, 2.45) is 5.73 Å². The fourth-order valence-electron chi connectivity index (χ4n) is 5.77. The molecule has 3 aliphatic rings. The van der Waals surface area contributed by atoms with Crippen LogP contribution in [-0.4, -0.2) is 64.5 Å². The Morgan fingerprint density at radius 1 is 1.16 bits per heavy atom. The van der Waals surface area contributed by atoms with Gasteiger partial charge in [-0.15, -0.1) is 0 Å². The van der Waals surface area contributed by atoms with Gasteiger partial charge in [-0.2, -0.15) is 5.26 Å². The monoisotopic (exact) mass is 513 g/mol. The molecule has 1 aliphatic carbocycles. The van der Waals surface area contributed by atoms with E-state index in [-0.39, 0.29) is 18.1 Å². The number of nitrogens with zero attached hydrogens (tertiary/aromatic N) is 4. The summed E-state index contributed by atoms with van der Waals surface area (Å²) in [5, 5.41) is 9.91. The van der Waals surface area contributed by atoms with Gasteiger partial charge in [0.05, 0.1) is 23.2 Å². The molecule has 0 radical (unpaired) electrons. The standard InChI is InChI=1S/C29H28FN5O3/c30-24-12-19(20-1-2-21-11-18(14-31)15-33-25(21)13-20)3-6-23(24)27(28(32)37)34-9-7-29(8-10-34)17-35(22-4-5-22)26(36)16-38-29/h1-3,6,11-13,15,22,27H,4-5,7-10,16-17H2,(H2,32,37). The maximum absolute atomic E-state index is 15.5. The zero-order valence-electron chi connectivity index (χ0n) is 20.9. The number of likely N-dealkylation sites (tertiary alicyclic amines) is 1. The Hall–Kier alpha value is -3.87. The molecule has 9 heteroatoms. The van der Waals surface area contributed by atoms with Crippen LogP contribution in [0.1, 0.15) is 42.9 Å². The smallest absolute Gasteiger partial charge is 0.248 e. The number of hydrogen-bond acceptors (Lipinski definition) is 6. The Morgan fingerprint density at radius 3 is 2.58 bits per heavy atom. The molecule has 2 aromatic carbocycles. The number of nitriles is 1. The highest BCUT2D eigenvalue weighted by Gasteiger charge is 2.47. The molecule has 1 saturated carbocycles. The second-order valence-electron chi connectivity index (χ2n) is 10.5. The van der Waals surface area contributed by atoms with Crippen LogP contribution >= 0.6 is 0 Å². The first kappa shape index (κ1) is 24.5. The van der Waals surface area contributed by atoms with E-state index in [2.05, 4.69) is 11.1 Å². The Kier molecular flexibility index (Phi) is 6.09. The fraction of sp³-hybridized carbons (Fsp3) is 0.379. The van der Waals surface area contributed by atoms with E-state index in [1.54, 1.807) is 18.2 Å². The maximum atomic E-state index is 15.5. The van der Waals surface area contributed by atoms with Crippen molar-refractivity contribution in [2.75, 3.05) is 26.2 Å². The zero-order valence-corrected chi connectivity index (χ0v) is 20.9. The third-order valence-electron chi connectivity index (χ3n) is 8.05. The highest BCUT2D eigenvalue weighted by Crippen LogP contribution is 2.38. The lowest BCUT2D eigenvalue weighted by molar-refractivity contribution is -0.173. The van der Waals surface area contributed by atoms with Gasteiger partial charge in [-0.3, -0.25) is 19.5 Å². The van der Waals surface area contributed by atoms with Crippen molar-refractivity contribution in [3.8, 4) is 17.2 Å². The van der Waals surface area contributed by atoms with Gasteiger partial charge in [0, 0.05) is 36.3 Å². The van der Waals surface area contributed by atoms with Gasteiger partial charge in [-0.1, -0.05) is 24.3 Å². The average molecular weight is 514 g/mol. The van der Waals surface area contributed by atoms with Crippen molar-refractivity contribution in [3.63, 3.8) is 0 Å². The van der Waals surface area contributed by atoms with Crippen molar-refractivity contribution in [2.45, 2.75) is 43.4 Å². The number of fused-ring (bicyclic) bond motifs is 1. The molecule has 38 heavy (non-hydrogen) atoms. The summed E-state index contributed by atoms with van der Waals surface area (Å²) in [6, 6.07) is 13.7. The lowest BCUT2D eigenvalue weighted by atomic mass is 9.87. The Balaban J connectivity index is 1.21. The molecule has 2 N–H and O–H groups in total. The maximum Gasteiger partial charge on any atom is 0.248 e. The topological polar surface area (TPSA) is 113 Å². The lowest BCUT2D eigenvalue weighted by Crippen LogP contribution is -2.60. The number of nitrogens with two attached hydrogens (primary N) is 1. The number of hydrogen-bond donors (Lipinski definition) is 1. The second kappa shape index (κ2) is 9.46. The minimum absolute atomic E-state index is 0.0480. The number of halogens is 1. The molecule has 3 aromatic rings. The minimum Gasteiger partial charge on any atom is -0.368 e. The van der Waals surface area contributed by atoms with Crippen molar-refractivity contribution in [3.05, 3.63) is 65.6 Å². The number of benzene rings is 2. The average Bonchev–Trinajstić information content (AvgIpc) is 3.77. The van der Waals surface area contributed by atoms with E-state index in [4.69, 9.17) is 15.7 Å². The first-order valence-electron chi connectivity index (χ1n) is 12.9. The molecule has 1 unspecified atom stereocenters. The number of carbonyl (C=O) groups excluding carboxylic acids is 2. The Bertz CT molecular complexity index is 1470. The summed E-state index contributed by atoms with van der Waals surface area (Å²) in [6.07, 6.45) is 4.89. The van der Waals surface area contributed by atoms with Crippen molar-refractivity contribution in [1.29, 1.82) is 5.26 Å². The van der Waals surface area contributed by atoms with Crippen LogP contribution in [0.5, 0.6) is 0 Å². The summed E-state index contributed by atoms with van der Waals surface area (Å²) < 4.78 is 21.5. The fourth-order valence-corrected chi connectivity index (χ4v) is 5.77. The van der Waals surface area contributed by atoms with Gasteiger partial charge in [0.2, 0.25) is 11.8 Å². The molecule has 1 atom stereocenters. The number of carbonyl (C=O) groups is 2. The van der Waals surface area contributed by atoms with Crippen molar-refractivity contribution < 1.29 is 18.7 Å². The van der Waals surface area contributed by atoms with E-state index in [0.29, 0.717) is 55.2 Å². The number of rotatable bonds is 5. The lowest BCUT2D eigenvalue weighted by Gasteiger charge is -2.48. The van der Waals surface area contributed by atoms with Crippen LogP contribution in [0.4, 0.5) is 4.39 Å². The molecule has 2 amide bonds. The van der Waals surface area contributed by atoms with Gasteiger partial charge in [0.15, 0.2) is 0 Å². The molecule has 8 nitrogen and oxygen atoms in total. The molecule has 3 heterocycles. The SMILES string of the molecule is N#Cc1cnc2cc(-c3ccc(C(C(N)=O)N4CCC5(CC4)CN(C4CC4)C(=O)CO5)c(F)c3)ccc2c1. The van der Waals surface area contributed by atoms with Crippen LogP contribution in [0.25, 0.3) is 22.0 Å². The van der Waals surface area contributed by atoms with E-state index in [0.717, 1.165) is 23.8 Å². The molecule has 1 aromatic heterocycles. The molecule has 6 rings (SSSR count). The minimum atomic E-state index is -0.895. The molecule has 2 aliphatic heterocycles. The molecular formula is C29H28FN5O3. The highest BCUT2D eigenvalue weighted by atomic mass is 19.1. The van der Waals surface area contributed by atoms with Crippen LogP contribution in [0.3, 0.4) is 0 Å². The van der Waals surface area contributed by atoms with E-state index < -0.39 is 23.4 Å². The van der Waals surface area contributed by atoms with Crippen molar-refractivity contribution in [1.82, 2.24) is 14.8 Å². The van der Waals surface area contributed by atoms with E-state index in [9.17, 15) is 9.59 Å². The van der Waals surface area contributed by atoms with Gasteiger partial charge in [0.1, 0.15) is 24.5 Å². The first-order chi connectivity index (χ1) is 18.4. The first-order valence-corrected chi connectivity index (χ1v) is 12.9. The van der Waals surface area contributed by atoms with E-state index in [1.807, 2.05) is 28.0 Å². The molecule has 2 saturated heterocycles. The number of aromatic nitrogens is 1. The molecule has 0 bridgehead atoms. The number of pyridine rings is 1. The summed E-state index contributed by atoms with van der Waals surface area (Å²) in [7, 11) is 0. The molecule has 194 valence electrons. The number of morpholine rings is 1. The van der Waals surface area contributed by atoms with Crippen LogP contribution in [-0.2, 0) is 14.3 Å². The van der Waals surface area contributed by atoms with E-state index in [1.165, 1.54) is 12.3 Å². The third-order valence-corrected chi connectivity index (χ3v) is 8.05. The summed E-state index contributed by atoms with van der Waals surface area (Å²) in [5.74, 6) is -1.05. The van der Waals surface area contributed by atoms with Gasteiger partial charge in [-0.05, 0) is 55.0 Å². The van der Waals surface area contributed by atoms with Gasteiger partial charge in [0.25, 0.3) is 0 Å². The molecular weight excluding hydrogens is 485 g/mol. The zero-order chi connectivity index (χ0) is 26.4. The number of amides is 2. The summed E-state index contributed by atoms with van der Waals surface area (Å²) >= 11 is 0. The van der Waals surface area contributed by atoms with E-state index >= 15 is 4.39 Å².